The van der Waals surface area contributed by atoms with Gasteiger partial charge in [-0.25, -0.2) is 4.79 Å². The number of hydrogen-bond acceptors (Lipinski definition) is 4. The molecule has 1 aliphatic carbocycles. The normalized spacial score (nSPS) is 15.0. The van der Waals surface area contributed by atoms with Crippen LogP contribution in [0.3, 0.4) is 0 Å². The van der Waals surface area contributed by atoms with Gasteiger partial charge in [-0.3, -0.25) is 0 Å². The lowest BCUT2D eigenvalue weighted by atomic mass is 10.1. The maximum Gasteiger partial charge on any atom is 0.340 e. The highest BCUT2D eigenvalue weighted by atomic mass is 32.1. The van der Waals surface area contributed by atoms with Crippen LogP contribution in [0.5, 0.6) is 0 Å². The van der Waals surface area contributed by atoms with Crippen LogP contribution >= 0.6 is 23.6 Å². The summed E-state index contributed by atoms with van der Waals surface area (Å²) in [4.78, 5) is 13.3. The van der Waals surface area contributed by atoms with Crippen LogP contribution in [0.2, 0.25) is 0 Å². The lowest BCUT2D eigenvalue weighted by Gasteiger charge is -2.18. The van der Waals surface area contributed by atoms with E-state index in [1.807, 2.05) is 24.3 Å². The Hall–Kier alpha value is -1.92. The van der Waals surface area contributed by atoms with Gasteiger partial charge in [0.05, 0.1) is 12.7 Å². The second-order valence-corrected chi connectivity index (χ2v) is 8.44. The van der Waals surface area contributed by atoms with Crippen molar-refractivity contribution in [3.05, 3.63) is 52.4 Å². The third-order valence-electron chi connectivity index (χ3n) is 4.83. The molecule has 0 bridgehead atoms. The van der Waals surface area contributed by atoms with Crippen LogP contribution in [0.25, 0.3) is 0 Å². The van der Waals surface area contributed by atoms with Crippen LogP contribution in [0.1, 0.15) is 59.3 Å². The van der Waals surface area contributed by atoms with E-state index in [0.29, 0.717) is 16.7 Å². The topological polar surface area (TPSA) is 50.4 Å². The predicted octanol–water partition coefficient (Wildman–Crippen LogP) is 5.13. The van der Waals surface area contributed by atoms with Gasteiger partial charge in [0.25, 0.3) is 0 Å². The molecule has 1 heterocycles. The number of carbonyl (C=O) groups is 1. The molecule has 0 aliphatic heterocycles. The Morgan fingerprint density at radius 1 is 1.19 bits per heavy atom. The van der Waals surface area contributed by atoms with Gasteiger partial charge in [-0.1, -0.05) is 56.0 Å². The molecule has 1 aromatic carbocycles. The Balaban J connectivity index is 1.70. The number of ether oxygens (including phenoxy) is 1. The number of thiocarbonyl (C=S) groups is 1. The number of nitrogens with one attached hydrogen (secondary N) is 2. The minimum Gasteiger partial charge on any atom is -0.465 e. The first kappa shape index (κ1) is 19.8. The zero-order valence-corrected chi connectivity index (χ0v) is 17.3. The van der Waals surface area contributed by atoms with Crippen molar-refractivity contribution in [1.82, 2.24) is 5.32 Å². The SMILES string of the molecule is COC(=O)c1cc(Cc2ccccc2)sc1NC(=S)NC1CCCCCC1. The molecule has 1 aliphatic rings. The van der Waals surface area contributed by atoms with Crippen molar-refractivity contribution in [1.29, 1.82) is 0 Å². The Morgan fingerprint density at radius 3 is 2.56 bits per heavy atom. The molecule has 2 N–H and O–H groups in total. The van der Waals surface area contributed by atoms with Crippen molar-refractivity contribution in [2.75, 3.05) is 12.4 Å². The van der Waals surface area contributed by atoms with Crippen LogP contribution in [0, 0.1) is 0 Å². The second-order valence-electron chi connectivity index (χ2n) is 6.90. The summed E-state index contributed by atoms with van der Waals surface area (Å²) in [6.45, 7) is 0. The number of benzene rings is 1. The van der Waals surface area contributed by atoms with Crippen molar-refractivity contribution in [2.45, 2.75) is 51.0 Å². The van der Waals surface area contributed by atoms with E-state index in [1.165, 1.54) is 38.4 Å². The molecule has 2 aromatic rings. The zero-order valence-electron chi connectivity index (χ0n) is 15.6. The van der Waals surface area contributed by atoms with Crippen LogP contribution in [-0.4, -0.2) is 24.2 Å². The summed E-state index contributed by atoms with van der Waals surface area (Å²) in [7, 11) is 1.41. The van der Waals surface area contributed by atoms with Crippen LogP contribution in [0.4, 0.5) is 5.00 Å². The fourth-order valence-corrected chi connectivity index (χ4v) is 4.85. The highest BCUT2D eigenvalue weighted by Gasteiger charge is 2.19. The van der Waals surface area contributed by atoms with Gasteiger partial charge in [-0.15, -0.1) is 11.3 Å². The summed E-state index contributed by atoms with van der Waals surface area (Å²) in [5.41, 5.74) is 1.75. The molecule has 4 nitrogen and oxygen atoms in total. The van der Waals surface area contributed by atoms with E-state index in [4.69, 9.17) is 17.0 Å². The summed E-state index contributed by atoms with van der Waals surface area (Å²) in [5.74, 6) is -0.342. The van der Waals surface area contributed by atoms with Crippen LogP contribution < -0.4 is 10.6 Å². The summed E-state index contributed by atoms with van der Waals surface area (Å²) < 4.78 is 4.95. The van der Waals surface area contributed by atoms with E-state index in [-0.39, 0.29) is 5.97 Å². The van der Waals surface area contributed by atoms with E-state index in [1.54, 1.807) is 11.3 Å². The minimum absolute atomic E-state index is 0.342. The molecule has 0 atom stereocenters. The number of carbonyl (C=O) groups excluding carboxylic acids is 1. The first-order chi connectivity index (χ1) is 13.2. The molecule has 3 rings (SSSR count). The highest BCUT2D eigenvalue weighted by Crippen LogP contribution is 2.30. The van der Waals surface area contributed by atoms with Gasteiger partial charge in [-0.2, -0.15) is 0 Å². The number of rotatable bonds is 5. The second kappa shape index (κ2) is 9.85. The Morgan fingerprint density at radius 2 is 1.89 bits per heavy atom. The van der Waals surface area contributed by atoms with Gasteiger partial charge >= 0.3 is 5.97 Å². The van der Waals surface area contributed by atoms with Crippen molar-refractivity contribution < 1.29 is 9.53 Å². The van der Waals surface area contributed by atoms with Crippen LogP contribution in [0.15, 0.2) is 36.4 Å². The van der Waals surface area contributed by atoms with E-state index >= 15 is 0 Å². The molecule has 1 saturated carbocycles. The van der Waals surface area contributed by atoms with E-state index < -0.39 is 0 Å². The third-order valence-corrected chi connectivity index (χ3v) is 6.10. The molecule has 0 amide bonds. The minimum atomic E-state index is -0.342. The maximum absolute atomic E-state index is 12.2. The molecule has 6 heteroatoms. The molecule has 0 unspecified atom stereocenters. The van der Waals surface area contributed by atoms with Crippen molar-refractivity contribution in [3.8, 4) is 0 Å². The van der Waals surface area contributed by atoms with Gasteiger partial charge in [0.1, 0.15) is 5.00 Å². The maximum atomic E-state index is 12.2. The van der Waals surface area contributed by atoms with Crippen molar-refractivity contribution in [2.24, 2.45) is 0 Å². The van der Waals surface area contributed by atoms with Gasteiger partial charge in [0.2, 0.25) is 0 Å². The summed E-state index contributed by atoms with van der Waals surface area (Å²) in [5, 5.41) is 8.00. The monoisotopic (exact) mass is 402 g/mol. The molecule has 1 aromatic heterocycles. The van der Waals surface area contributed by atoms with Gasteiger partial charge < -0.3 is 15.4 Å². The van der Waals surface area contributed by atoms with Crippen molar-refractivity contribution >= 4 is 39.6 Å². The summed E-state index contributed by atoms with van der Waals surface area (Å²) >= 11 is 7.07. The summed E-state index contributed by atoms with van der Waals surface area (Å²) in [6.07, 6.45) is 8.17. The number of anilines is 1. The molecule has 0 saturated heterocycles. The third kappa shape index (κ3) is 5.78. The molecule has 27 heavy (non-hydrogen) atoms. The number of esters is 1. The molecular weight excluding hydrogens is 376 g/mol. The Bertz CT molecular complexity index is 766. The van der Waals surface area contributed by atoms with Gasteiger partial charge in [-0.05, 0) is 36.7 Å². The predicted molar refractivity (Wildman–Crippen MR) is 116 cm³/mol. The molecular formula is C21H26N2O2S2. The average Bonchev–Trinajstić information content (AvgIpc) is 2.88. The quantitative estimate of drug-likeness (QED) is 0.412. The number of hydrogen-bond donors (Lipinski definition) is 2. The lowest BCUT2D eigenvalue weighted by molar-refractivity contribution is 0.0602. The first-order valence-electron chi connectivity index (χ1n) is 9.48. The van der Waals surface area contributed by atoms with Gasteiger partial charge in [0, 0.05) is 17.3 Å². The highest BCUT2D eigenvalue weighted by molar-refractivity contribution is 7.80. The largest absolute Gasteiger partial charge is 0.465 e. The molecule has 0 radical (unpaired) electrons. The first-order valence-corrected chi connectivity index (χ1v) is 10.7. The Kier molecular flexibility index (Phi) is 7.24. The summed E-state index contributed by atoms with van der Waals surface area (Å²) in [6, 6.07) is 12.5. The average molecular weight is 403 g/mol. The smallest absolute Gasteiger partial charge is 0.340 e. The fourth-order valence-electron chi connectivity index (χ4n) is 3.43. The number of thiophene rings is 1. The van der Waals surface area contributed by atoms with Gasteiger partial charge in [0.15, 0.2) is 5.11 Å². The van der Waals surface area contributed by atoms with E-state index in [2.05, 4.69) is 22.8 Å². The van der Waals surface area contributed by atoms with Crippen molar-refractivity contribution in [3.63, 3.8) is 0 Å². The standard InChI is InChI=1S/C21H26N2O2S2/c1-25-20(24)18-14-17(13-15-9-5-4-6-10-15)27-19(18)23-21(26)22-16-11-7-2-3-8-12-16/h4-6,9-10,14,16H,2-3,7-8,11-13H2,1H3,(H2,22,23,26). The van der Waals surface area contributed by atoms with E-state index in [0.717, 1.165) is 29.1 Å². The van der Waals surface area contributed by atoms with Crippen LogP contribution in [-0.2, 0) is 11.2 Å². The fraction of sp³-hybridized carbons (Fsp3) is 0.429. The number of methoxy groups -OCH3 is 1. The van der Waals surface area contributed by atoms with E-state index in [9.17, 15) is 4.79 Å². The lowest BCUT2D eigenvalue weighted by Crippen LogP contribution is -2.37. The molecule has 0 spiro atoms. The zero-order chi connectivity index (χ0) is 19.1. The Labute approximate surface area is 170 Å². The molecule has 1 fully saturated rings. The molecule has 144 valence electrons.